The number of thiazole rings is 1. The van der Waals surface area contributed by atoms with Crippen molar-refractivity contribution in [2.45, 2.75) is 32.7 Å². The molecule has 1 unspecified atom stereocenters. The molecule has 0 bridgehead atoms. The van der Waals surface area contributed by atoms with E-state index in [1.807, 2.05) is 11.4 Å². The molecule has 23 heavy (non-hydrogen) atoms. The van der Waals surface area contributed by atoms with Gasteiger partial charge in [0.25, 0.3) is 0 Å². The second-order valence-electron chi connectivity index (χ2n) is 5.46. The van der Waals surface area contributed by atoms with Crippen LogP contribution in [0, 0.1) is 5.92 Å². The number of furan rings is 1. The van der Waals surface area contributed by atoms with Gasteiger partial charge in [-0.1, -0.05) is 13.8 Å². The summed E-state index contributed by atoms with van der Waals surface area (Å²) in [6, 6.07) is 1.89. The summed E-state index contributed by atoms with van der Waals surface area (Å²) in [4.78, 5) is 16.5. The van der Waals surface area contributed by atoms with Crippen LogP contribution in [-0.4, -0.2) is 23.5 Å². The molecule has 0 spiro atoms. The van der Waals surface area contributed by atoms with Crippen molar-refractivity contribution in [3.8, 4) is 10.6 Å². The summed E-state index contributed by atoms with van der Waals surface area (Å²) >= 11 is 1.51. The van der Waals surface area contributed by atoms with E-state index < -0.39 is 0 Å². The Morgan fingerprint density at radius 1 is 1.43 bits per heavy atom. The Morgan fingerprint density at radius 2 is 2.17 bits per heavy atom. The van der Waals surface area contributed by atoms with Gasteiger partial charge in [-0.3, -0.25) is 4.79 Å². The molecule has 2 heterocycles. The number of aromatic nitrogens is 1. The average Bonchev–Trinajstić information content (AvgIpc) is 3.07. The fraction of sp³-hybridized carbons (Fsp3) is 0.467. The molecule has 5 nitrogen and oxygen atoms in total. The van der Waals surface area contributed by atoms with E-state index in [2.05, 4.69) is 24.1 Å². The third-order valence-electron chi connectivity index (χ3n) is 3.07. The molecule has 0 aromatic carbocycles. The Hall–Kier alpha value is -1.08. The highest BCUT2D eigenvalue weighted by molar-refractivity contribution is 7.13. The molecule has 0 fully saturated rings. The molecule has 8 heteroatoms. The van der Waals surface area contributed by atoms with E-state index in [4.69, 9.17) is 10.2 Å². The fourth-order valence-electron chi connectivity index (χ4n) is 2.13. The SMILES string of the molecule is CC(C)CC(CN)NC(=O)Cc1csc(-c2ccoc2)n1.Cl.Cl. The van der Waals surface area contributed by atoms with Crippen LogP contribution >= 0.6 is 36.2 Å². The van der Waals surface area contributed by atoms with E-state index in [0.717, 1.165) is 22.7 Å². The number of nitrogens with one attached hydrogen (secondary N) is 1. The molecular formula is C15H23Cl2N3O2S. The number of nitrogens with two attached hydrogens (primary N) is 1. The van der Waals surface area contributed by atoms with Crippen LogP contribution in [-0.2, 0) is 11.2 Å². The van der Waals surface area contributed by atoms with E-state index >= 15 is 0 Å². The van der Waals surface area contributed by atoms with Gasteiger partial charge in [0.2, 0.25) is 5.91 Å². The van der Waals surface area contributed by atoms with Gasteiger partial charge >= 0.3 is 0 Å². The zero-order chi connectivity index (χ0) is 15.2. The minimum Gasteiger partial charge on any atom is -0.472 e. The summed E-state index contributed by atoms with van der Waals surface area (Å²) in [6.45, 7) is 4.69. The van der Waals surface area contributed by atoms with Crippen molar-refractivity contribution >= 4 is 42.1 Å². The maximum atomic E-state index is 12.0. The molecule has 0 aliphatic rings. The zero-order valence-electron chi connectivity index (χ0n) is 13.2. The van der Waals surface area contributed by atoms with Crippen molar-refractivity contribution in [2.75, 3.05) is 6.54 Å². The van der Waals surface area contributed by atoms with Gasteiger partial charge in [-0.25, -0.2) is 4.98 Å². The maximum Gasteiger partial charge on any atom is 0.226 e. The Labute approximate surface area is 152 Å². The van der Waals surface area contributed by atoms with Crippen LogP contribution in [0.25, 0.3) is 10.6 Å². The summed E-state index contributed by atoms with van der Waals surface area (Å²) in [5.74, 6) is 0.473. The van der Waals surface area contributed by atoms with E-state index in [9.17, 15) is 4.79 Å². The van der Waals surface area contributed by atoms with Crippen LogP contribution in [0.15, 0.2) is 28.4 Å². The summed E-state index contributed by atoms with van der Waals surface area (Å²) < 4.78 is 5.04. The third-order valence-corrected chi connectivity index (χ3v) is 4.01. The van der Waals surface area contributed by atoms with Crippen molar-refractivity contribution in [3.63, 3.8) is 0 Å². The standard InChI is InChI=1S/C15H21N3O2S.2ClH/c1-10(2)5-12(7-16)17-14(19)6-13-9-21-15(18-13)11-3-4-20-8-11;;/h3-4,8-10,12H,5-7,16H2,1-2H3,(H,17,19);2*1H. The topological polar surface area (TPSA) is 81.1 Å². The first-order valence-electron chi connectivity index (χ1n) is 7.05. The van der Waals surface area contributed by atoms with Crippen LogP contribution < -0.4 is 11.1 Å². The van der Waals surface area contributed by atoms with Gasteiger partial charge in [-0.2, -0.15) is 0 Å². The third kappa shape index (κ3) is 6.91. The van der Waals surface area contributed by atoms with Crippen LogP contribution in [0.1, 0.15) is 26.0 Å². The average molecular weight is 380 g/mol. The summed E-state index contributed by atoms with van der Waals surface area (Å²) in [5, 5.41) is 5.74. The fourth-order valence-corrected chi connectivity index (χ4v) is 2.94. The van der Waals surface area contributed by atoms with Crippen molar-refractivity contribution in [1.29, 1.82) is 0 Å². The van der Waals surface area contributed by atoms with Crippen LogP contribution in [0.5, 0.6) is 0 Å². The number of amides is 1. The van der Waals surface area contributed by atoms with Crippen LogP contribution in [0.3, 0.4) is 0 Å². The molecule has 0 aliphatic carbocycles. The minimum absolute atomic E-state index is 0. The van der Waals surface area contributed by atoms with Gasteiger partial charge in [0.15, 0.2) is 0 Å². The molecule has 130 valence electrons. The lowest BCUT2D eigenvalue weighted by molar-refractivity contribution is -0.121. The second-order valence-corrected chi connectivity index (χ2v) is 6.32. The number of hydrogen-bond acceptors (Lipinski definition) is 5. The summed E-state index contributed by atoms with van der Waals surface area (Å²) in [7, 11) is 0. The number of carbonyl (C=O) groups excluding carboxylic acids is 1. The summed E-state index contributed by atoms with van der Waals surface area (Å²) in [5.41, 5.74) is 7.40. The monoisotopic (exact) mass is 379 g/mol. The molecule has 0 aliphatic heterocycles. The Balaban J connectivity index is 0.00000242. The molecule has 2 rings (SSSR count). The van der Waals surface area contributed by atoms with Crippen molar-refractivity contribution in [1.82, 2.24) is 10.3 Å². The van der Waals surface area contributed by atoms with E-state index in [1.165, 1.54) is 11.3 Å². The van der Waals surface area contributed by atoms with Gasteiger partial charge in [0.1, 0.15) is 11.3 Å². The Bertz CT molecular complexity index is 573. The lowest BCUT2D eigenvalue weighted by atomic mass is 10.0. The number of nitrogens with zero attached hydrogens (tertiary/aromatic N) is 1. The lowest BCUT2D eigenvalue weighted by Gasteiger charge is -2.18. The van der Waals surface area contributed by atoms with Crippen LogP contribution in [0.2, 0.25) is 0 Å². The quantitative estimate of drug-likeness (QED) is 0.773. The Morgan fingerprint density at radius 3 is 2.74 bits per heavy atom. The molecule has 3 N–H and O–H groups in total. The van der Waals surface area contributed by atoms with Gasteiger partial charge in [-0.05, 0) is 18.4 Å². The summed E-state index contributed by atoms with van der Waals surface area (Å²) in [6.07, 6.45) is 4.43. The number of carbonyl (C=O) groups is 1. The maximum absolute atomic E-state index is 12.0. The van der Waals surface area contributed by atoms with Crippen LogP contribution in [0.4, 0.5) is 0 Å². The number of halogens is 2. The normalized spacial score (nSPS) is 11.5. The lowest BCUT2D eigenvalue weighted by Crippen LogP contribution is -2.41. The highest BCUT2D eigenvalue weighted by atomic mass is 35.5. The smallest absolute Gasteiger partial charge is 0.226 e. The highest BCUT2D eigenvalue weighted by Crippen LogP contribution is 2.24. The highest BCUT2D eigenvalue weighted by Gasteiger charge is 2.14. The van der Waals surface area contributed by atoms with Gasteiger partial charge in [0.05, 0.1) is 18.4 Å². The molecule has 0 saturated heterocycles. The second kappa shape index (κ2) is 10.6. The molecule has 1 amide bonds. The first-order valence-corrected chi connectivity index (χ1v) is 7.93. The predicted molar refractivity (Wildman–Crippen MR) is 98.5 cm³/mol. The van der Waals surface area contributed by atoms with Crippen molar-refractivity contribution in [2.24, 2.45) is 11.7 Å². The molecule has 1 atom stereocenters. The minimum atomic E-state index is -0.0323. The van der Waals surface area contributed by atoms with E-state index in [-0.39, 0.29) is 43.2 Å². The first-order chi connectivity index (χ1) is 10.1. The van der Waals surface area contributed by atoms with E-state index in [1.54, 1.807) is 12.5 Å². The van der Waals surface area contributed by atoms with Gasteiger partial charge < -0.3 is 15.5 Å². The number of rotatable bonds is 7. The van der Waals surface area contributed by atoms with E-state index in [0.29, 0.717) is 12.5 Å². The Kier molecular flexibility index (Phi) is 10.1. The van der Waals surface area contributed by atoms with Crippen molar-refractivity contribution in [3.05, 3.63) is 29.7 Å². The molecule has 2 aromatic heterocycles. The molecule has 0 saturated carbocycles. The molecule has 0 radical (unpaired) electrons. The largest absolute Gasteiger partial charge is 0.472 e. The van der Waals surface area contributed by atoms with Gasteiger partial charge in [0, 0.05) is 23.5 Å². The van der Waals surface area contributed by atoms with Crippen molar-refractivity contribution < 1.29 is 9.21 Å². The predicted octanol–water partition coefficient (Wildman–Crippen LogP) is 3.28. The number of hydrogen-bond donors (Lipinski definition) is 2. The molecular weight excluding hydrogens is 357 g/mol. The van der Waals surface area contributed by atoms with Gasteiger partial charge in [-0.15, -0.1) is 36.2 Å². The zero-order valence-corrected chi connectivity index (χ0v) is 15.6. The molecule has 2 aromatic rings. The first kappa shape index (κ1) is 21.9.